The lowest BCUT2D eigenvalue weighted by Crippen LogP contribution is -2.58. The highest BCUT2D eigenvalue weighted by Crippen LogP contribution is 2.41. The highest BCUT2D eigenvalue weighted by Gasteiger charge is 2.49. The number of carbonyl (C=O) groups is 1. The Morgan fingerprint density at radius 2 is 1.85 bits per heavy atom. The number of nitrogens with one attached hydrogen (secondary N) is 1. The second kappa shape index (κ2) is 5.60. The molecule has 0 spiro atoms. The first-order chi connectivity index (χ1) is 9.47. The minimum atomic E-state index is -0.777. The zero-order valence-electron chi connectivity index (χ0n) is 12.5. The van der Waals surface area contributed by atoms with Crippen molar-refractivity contribution < 1.29 is 10.0 Å². The molecular weight excluding hydrogens is 256 g/mol. The lowest BCUT2D eigenvalue weighted by atomic mass is 9.67. The number of likely N-dealkylation sites (N-methyl/N-ethyl adjacent to an activating group) is 1. The molecule has 0 heterocycles. The molecule has 2 aliphatic rings. The van der Waals surface area contributed by atoms with Crippen LogP contribution in [-0.4, -0.2) is 48.0 Å². The van der Waals surface area contributed by atoms with E-state index in [4.69, 9.17) is 10.9 Å². The summed E-state index contributed by atoms with van der Waals surface area (Å²) in [4.78, 5) is 14.7. The number of carbonyl (C=O) groups excluding carboxylic acids is 1. The van der Waals surface area contributed by atoms with Gasteiger partial charge in [-0.25, -0.2) is 0 Å². The van der Waals surface area contributed by atoms with E-state index >= 15 is 0 Å². The van der Waals surface area contributed by atoms with Crippen LogP contribution < -0.4 is 11.1 Å². The van der Waals surface area contributed by atoms with Gasteiger partial charge in [-0.05, 0) is 39.8 Å². The van der Waals surface area contributed by atoms with Gasteiger partial charge in [0, 0.05) is 12.1 Å². The van der Waals surface area contributed by atoms with Crippen LogP contribution in [0.25, 0.3) is 0 Å². The Bertz CT molecular complexity index is 396. The van der Waals surface area contributed by atoms with E-state index in [-0.39, 0.29) is 17.3 Å². The highest BCUT2D eigenvalue weighted by atomic mass is 16.4. The number of amidine groups is 1. The van der Waals surface area contributed by atoms with Crippen molar-refractivity contribution in [2.75, 3.05) is 20.6 Å². The summed E-state index contributed by atoms with van der Waals surface area (Å²) in [7, 11) is 4.14. The number of amides is 1. The smallest absolute Gasteiger partial charge is 0.234 e. The zero-order valence-corrected chi connectivity index (χ0v) is 12.5. The fourth-order valence-electron chi connectivity index (χ4n) is 3.45. The molecule has 0 aromatic heterocycles. The number of rotatable bonds is 5. The number of hydrogen-bond donors (Lipinski definition) is 3. The van der Waals surface area contributed by atoms with Gasteiger partial charge in [0.2, 0.25) is 5.91 Å². The van der Waals surface area contributed by atoms with Gasteiger partial charge in [-0.2, -0.15) is 0 Å². The van der Waals surface area contributed by atoms with Crippen LogP contribution in [0.1, 0.15) is 44.9 Å². The van der Waals surface area contributed by atoms with Crippen molar-refractivity contribution in [2.24, 2.45) is 16.3 Å². The van der Waals surface area contributed by atoms with Crippen LogP contribution in [0.2, 0.25) is 0 Å². The SMILES string of the molecule is CN(C)C1(CNC(=O)C2(C(N)=NO)CCC2)CCCC1. The minimum Gasteiger partial charge on any atom is -0.409 e. The van der Waals surface area contributed by atoms with Crippen LogP contribution in [0.5, 0.6) is 0 Å². The maximum Gasteiger partial charge on any atom is 0.234 e. The monoisotopic (exact) mass is 282 g/mol. The molecule has 4 N–H and O–H groups in total. The van der Waals surface area contributed by atoms with E-state index < -0.39 is 5.41 Å². The average Bonchev–Trinajstić information content (AvgIpc) is 2.84. The van der Waals surface area contributed by atoms with Gasteiger partial charge in [0.15, 0.2) is 5.84 Å². The van der Waals surface area contributed by atoms with Crippen molar-refractivity contribution in [1.82, 2.24) is 10.2 Å². The van der Waals surface area contributed by atoms with Crippen molar-refractivity contribution in [3.63, 3.8) is 0 Å². The molecule has 0 aromatic carbocycles. The van der Waals surface area contributed by atoms with Crippen molar-refractivity contribution in [1.29, 1.82) is 0 Å². The lowest BCUT2D eigenvalue weighted by molar-refractivity contribution is -0.131. The summed E-state index contributed by atoms with van der Waals surface area (Å²) < 4.78 is 0. The summed E-state index contributed by atoms with van der Waals surface area (Å²) in [6.45, 7) is 0.638. The van der Waals surface area contributed by atoms with Crippen LogP contribution in [-0.2, 0) is 4.79 Å². The lowest BCUT2D eigenvalue weighted by Gasteiger charge is -2.41. The molecule has 0 aliphatic heterocycles. The average molecular weight is 282 g/mol. The number of nitrogens with zero attached hydrogens (tertiary/aromatic N) is 2. The van der Waals surface area contributed by atoms with Crippen molar-refractivity contribution >= 4 is 11.7 Å². The fraction of sp³-hybridized carbons (Fsp3) is 0.857. The molecule has 0 aromatic rings. The van der Waals surface area contributed by atoms with Crippen LogP contribution in [0.15, 0.2) is 5.16 Å². The largest absolute Gasteiger partial charge is 0.409 e. The molecular formula is C14H26N4O2. The summed E-state index contributed by atoms with van der Waals surface area (Å²) in [6, 6.07) is 0. The summed E-state index contributed by atoms with van der Waals surface area (Å²) in [5.74, 6) is -0.0428. The van der Waals surface area contributed by atoms with E-state index in [1.165, 1.54) is 12.8 Å². The molecule has 2 saturated carbocycles. The molecule has 2 fully saturated rings. The third kappa shape index (κ3) is 2.37. The molecule has 0 radical (unpaired) electrons. The first kappa shape index (κ1) is 15.1. The Morgan fingerprint density at radius 1 is 1.25 bits per heavy atom. The molecule has 2 rings (SSSR count). The molecule has 0 saturated heterocycles. The van der Waals surface area contributed by atoms with Gasteiger partial charge in [0.1, 0.15) is 5.41 Å². The first-order valence-corrected chi connectivity index (χ1v) is 7.41. The molecule has 6 nitrogen and oxygen atoms in total. The molecule has 114 valence electrons. The summed E-state index contributed by atoms with van der Waals surface area (Å²) >= 11 is 0. The second-order valence-electron chi connectivity index (χ2n) is 6.43. The molecule has 6 heteroatoms. The van der Waals surface area contributed by atoms with Crippen molar-refractivity contribution in [3.05, 3.63) is 0 Å². The maximum absolute atomic E-state index is 12.5. The Balaban J connectivity index is 2.01. The van der Waals surface area contributed by atoms with Gasteiger partial charge in [0.25, 0.3) is 0 Å². The topological polar surface area (TPSA) is 91.0 Å². The third-order valence-electron chi connectivity index (χ3n) is 5.30. The van der Waals surface area contributed by atoms with Crippen LogP contribution in [0, 0.1) is 5.41 Å². The Labute approximate surface area is 120 Å². The fourth-order valence-corrected chi connectivity index (χ4v) is 3.45. The summed E-state index contributed by atoms with van der Waals surface area (Å²) in [6.07, 6.45) is 6.92. The molecule has 0 bridgehead atoms. The van der Waals surface area contributed by atoms with E-state index in [1.54, 1.807) is 0 Å². The molecule has 2 aliphatic carbocycles. The van der Waals surface area contributed by atoms with Crippen LogP contribution in [0.4, 0.5) is 0 Å². The van der Waals surface area contributed by atoms with Gasteiger partial charge in [-0.1, -0.05) is 24.4 Å². The molecule has 0 atom stereocenters. The Morgan fingerprint density at radius 3 is 2.25 bits per heavy atom. The Hall–Kier alpha value is -1.30. The minimum absolute atomic E-state index is 0.0478. The van der Waals surface area contributed by atoms with E-state index in [0.29, 0.717) is 19.4 Å². The van der Waals surface area contributed by atoms with E-state index in [2.05, 4.69) is 29.5 Å². The van der Waals surface area contributed by atoms with Gasteiger partial charge < -0.3 is 21.2 Å². The van der Waals surface area contributed by atoms with E-state index in [9.17, 15) is 4.79 Å². The first-order valence-electron chi connectivity index (χ1n) is 7.41. The van der Waals surface area contributed by atoms with E-state index in [1.807, 2.05) is 0 Å². The van der Waals surface area contributed by atoms with Gasteiger partial charge >= 0.3 is 0 Å². The zero-order chi connectivity index (χ0) is 14.8. The standard InChI is InChI=1S/C14H26N4O2/c1-18(2)13(6-3-4-7-13)10-16-12(19)14(8-5-9-14)11(15)17-20/h20H,3-10H2,1-2H3,(H2,15,17)(H,16,19). The third-order valence-corrected chi connectivity index (χ3v) is 5.30. The maximum atomic E-state index is 12.5. The summed E-state index contributed by atoms with van der Waals surface area (Å²) in [5, 5.41) is 15.0. The van der Waals surface area contributed by atoms with Crippen molar-refractivity contribution in [3.8, 4) is 0 Å². The number of oxime groups is 1. The molecule has 0 unspecified atom stereocenters. The van der Waals surface area contributed by atoms with Crippen LogP contribution in [0.3, 0.4) is 0 Å². The normalized spacial score (nSPS) is 24.4. The Kier molecular flexibility index (Phi) is 4.22. The van der Waals surface area contributed by atoms with Gasteiger partial charge in [0.05, 0.1) is 0 Å². The van der Waals surface area contributed by atoms with Crippen LogP contribution >= 0.6 is 0 Å². The molecule has 1 amide bonds. The van der Waals surface area contributed by atoms with Gasteiger partial charge in [-0.15, -0.1) is 0 Å². The van der Waals surface area contributed by atoms with Crippen molar-refractivity contribution in [2.45, 2.75) is 50.5 Å². The predicted molar refractivity (Wildman–Crippen MR) is 77.6 cm³/mol. The van der Waals surface area contributed by atoms with Gasteiger partial charge in [-0.3, -0.25) is 4.79 Å². The highest BCUT2D eigenvalue weighted by molar-refractivity contribution is 6.07. The summed E-state index contributed by atoms with van der Waals surface area (Å²) in [5.41, 5.74) is 5.00. The molecule has 20 heavy (non-hydrogen) atoms. The predicted octanol–water partition coefficient (Wildman–Crippen LogP) is 0.894. The second-order valence-corrected chi connectivity index (χ2v) is 6.43. The number of nitrogens with two attached hydrogens (primary N) is 1. The van der Waals surface area contributed by atoms with E-state index in [0.717, 1.165) is 19.3 Å². The number of hydrogen-bond acceptors (Lipinski definition) is 4. The quantitative estimate of drug-likeness (QED) is 0.302.